The van der Waals surface area contributed by atoms with Gasteiger partial charge in [0.05, 0.1) is 19.8 Å². The Kier molecular flexibility index (Phi) is 9.42. The molecular weight excluding hydrogens is 388 g/mol. The van der Waals surface area contributed by atoms with Crippen molar-refractivity contribution in [2.24, 2.45) is 0 Å². The maximum Gasteiger partial charge on any atom is 0.336 e. The molecule has 170 valence electrons. The van der Waals surface area contributed by atoms with Crippen LogP contribution in [0.25, 0.3) is 11.1 Å². The van der Waals surface area contributed by atoms with Crippen LogP contribution in [0.4, 0.5) is 0 Å². The summed E-state index contributed by atoms with van der Waals surface area (Å²) in [7, 11) is 3.32. The van der Waals surface area contributed by atoms with E-state index in [0.717, 1.165) is 84.3 Å². The largest absolute Gasteiger partial charge is 0.496 e. The number of hydrogen-bond donors (Lipinski definition) is 1. The number of rotatable bonds is 12. The molecule has 0 aromatic heterocycles. The molecule has 0 aliphatic carbocycles. The molecule has 0 aliphatic heterocycles. The minimum absolute atomic E-state index is 0.341. The topological polar surface area (TPSA) is 55.8 Å². The van der Waals surface area contributed by atoms with Crippen molar-refractivity contribution in [3.63, 3.8) is 0 Å². The van der Waals surface area contributed by atoms with Crippen molar-refractivity contribution >= 4 is 5.97 Å². The van der Waals surface area contributed by atoms with Gasteiger partial charge in [0.2, 0.25) is 0 Å². The highest BCUT2D eigenvalue weighted by atomic mass is 16.5. The average Bonchev–Trinajstić information content (AvgIpc) is 2.74. The second-order valence-electron chi connectivity index (χ2n) is 8.11. The van der Waals surface area contributed by atoms with Crippen LogP contribution in [0.2, 0.25) is 0 Å². The van der Waals surface area contributed by atoms with E-state index in [2.05, 4.69) is 39.8 Å². The molecule has 4 nitrogen and oxygen atoms in total. The van der Waals surface area contributed by atoms with Crippen LogP contribution in [-0.4, -0.2) is 25.3 Å². The smallest absolute Gasteiger partial charge is 0.336 e. The molecule has 0 radical (unpaired) electrons. The molecule has 31 heavy (non-hydrogen) atoms. The lowest BCUT2D eigenvalue weighted by Gasteiger charge is -2.22. The minimum Gasteiger partial charge on any atom is -0.496 e. The van der Waals surface area contributed by atoms with Gasteiger partial charge >= 0.3 is 5.97 Å². The van der Waals surface area contributed by atoms with Crippen LogP contribution in [0.3, 0.4) is 0 Å². The molecule has 2 rings (SSSR count). The Balaban J connectivity index is 2.98. The van der Waals surface area contributed by atoms with Crippen LogP contribution in [0.15, 0.2) is 18.2 Å². The van der Waals surface area contributed by atoms with Gasteiger partial charge in [-0.1, -0.05) is 59.4 Å². The summed E-state index contributed by atoms with van der Waals surface area (Å²) in [6.07, 6.45) is 7.20. The van der Waals surface area contributed by atoms with E-state index in [1.54, 1.807) is 14.2 Å². The molecule has 0 spiro atoms. The summed E-state index contributed by atoms with van der Waals surface area (Å²) in [5, 5.41) is 10.3. The molecule has 2 aromatic carbocycles. The number of methoxy groups -OCH3 is 2. The van der Waals surface area contributed by atoms with E-state index in [0.29, 0.717) is 12.0 Å². The first-order valence-corrected chi connectivity index (χ1v) is 11.6. The van der Waals surface area contributed by atoms with E-state index in [4.69, 9.17) is 9.47 Å². The van der Waals surface area contributed by atoms with Crippen LogP contribution < -0.4 is 9.47 Å². The lowest BCUT2D eigenvalue weighted by molar-refractivity contribution is 0.0696. The number of carbonyl (C=O) groups is 1. The predicted molar refractivity (Wildman–Crippen MR) is 128 cm³/mol. The van der Waals surface area contributed by atoms with Crippen molar-refractivity contribution in [2.45, 2.75) is 79.1 Å². The Morgan fingerprint density at radius 1 is 0.742 bits per heavy atom. The highest BCUT2D eigenvalue weighted by Gasteiger charge is 2.26. The van der Waals surface area contributed by atoms with E-state index in [1.165, 1.54) is 5.56 Å². The van der Waals surface area contributed by atoms with Gasteiger partial charge < -0.3 is 14.6 Å². The van der Waals surface area contributed by atoms with Crippen LogP contribution in [-0.2, 0) is 25.7 Å². The Labute approximate surface area is 187 Å². The quantitative estimate of drug-likeness (QED) is 0.402. The highest BCUT2D eigenvalue weighted by Crippen LogP contribution is 2.42. The molecule has 1 N–H and O–H groups in total. The number of aryl methyl sites for hydroxylation is 3. The van der Waals surface area contributed by atoms with E-state index < -0.39 is 5.97 Å². The van der Waals surface area contributed by atoms with Crippen molar-refractivity contribution in [3.05, 3.63) is 46.0 Å². The van der Waals surface area contributed by atoms with Crippen molar-refractivity contribution in [2.75, 3.05) is 14.2 Å². The Morgan fingerprint density at radius 3 is 1.77 bits per heavy atom. The summed E-state index contributed by atoms with van der Waals surface area (Å²) >= 11 is 0. The molecule has 0 atom stereocenters. The van der Waals surface area contributed by atoms with Crippen molar-refractivity contribution in [3.8, 4) is 22.6 Å². The van der Waals surface area contributed by atoms with Crippen molar-refractivity contribution in [1.82, 2.24) is 0 Å². The first-order chi connectivity index (χ1) is 15.0. The van der Waals surface area contributed by atoms with E-state index >= 15 is 0 Å². The minimum atomic E-state index is -0.917. The van der Waals surface area contributed by atoms with E-state index in [9.17, 15) is 9.90 Å². The number of benzene rings is 2. The maximum atomic E-state index is 12.6. The molecule has 0 aliphatic rings. The zero-order valence-corrected chi connectivity index (χ0v) is 20.1. The van der Waals surface area contributed by atoms with Gasteiger partial charge in [0.1, 0.15) is 11.5 Å². The van der Waals surface area contributed by atoms with Crippen LogP contribution in [0.5, 0.6) is 11.5 Å². The van der Waals surface area contributed by atoms with Crippen LogP contribution in [0, 0.1) is 0 Å². The third kappa shape index (κ3) is 5.41. The van der Waals surface area contributed by atoms with E-state index in [-0.39, 0.29) is 0 Å². The summed E-state index contributed by atoms with van der Waals surface area (Å²) < 4.78 is 11.6. The Morgan fingerprint density at radius 2 is 1.29 bits per heavy atom. The molecule has 4 heteroatoms. The molecule has 2 aromatic rings. The molecule has 0 saturated heterocycles. The number of hydrogen-bond acceptors (Lipinski definition) is 3. The van der Waals surface area contributed by atoms with Gasteiger partial charge in [-0.3, -0.25) is 0 Å². The summed E-state index contributed by atoms with van der Waals surface area (Å²) in [6.45, 7) is 8.52. The standard InChI is InChI=1S/C27H38O4/c1-7-11-18-15-19(12-8-2)26(31-6)23(16-18)22-17-20(13-9-3)25(30-5)21(14-10-4)24(22)27(28)29/h15-17H,7-14H2,1-6H3,(H,28,29). The molecule has 0 bridgehead atoms. The highest BCUT2D eigenvalue weighted by molar-refractivity contribution is 6.00. The van der Waals surface area contributed by atoms with Gasteiger partial charge in [-0.2, -0.15) is 0 Å². The SMILES string of the molecule is CCCc1cc(CCC)c(OC)c(-c2cc(CCC)c(OC)c(CCC)c2C(=O)O)c1. The first-order valence-electron chi connectivity index (χ1n) is 11.6. The zero-order valence-electron chi connectivity index (χ0n) is 20.1. The molecule has 0 fully saturated rings. The van der Waals surface area contributed by atoms with Gasteiger partial charge in [0.15, 0.2) is 0 Å². The second kappa shape index (κ2) is 11.8. The average molecular weight is 427 g/mol. The van der Waals surface area contributed by atoms with Gasteiger partial charge in [-0.15, -0.1) is 0 Å². The number of carboxylic acid groups (broad SMARTS) is 1. The zero-order chi connectivity index (χ0) is 23.0. The molecule has 0 heterocycles. The van der Waals surface area contributed by atoms with Gasteiger partial charge in [0.25, 0.3) is 0 Å². The summed E-state index contributed by atoms with van der Waals surface area (Å²) in [5.41, 5.74) is 6.19. The molecular formula is C27H38O4. The monoisotopic (exact) mass is 426 g/mol. The Bertz CT molecular complexity index is 899. The third-order valence-electron chi connectivity index (χ3n) is 5.67. The summed E-state index contributed by atoms with van der Waals surface area (Å²) in [6, 6.07) is 6.37. The van der Waals surface area contributed by atoms with Crippen LogP contribution >= 0.6 is 0 Å². The third-order valence-corrected chi connectivity index (χ3v) is 5.67. The lowest BCUT2D eigenvalue weighted by atomic mass is 9.86. The predicted octanol–water partition coefficient (Wildman–Crippen LogP) is 6.88. The fraction of sp³-hybridized carbons (Fsp3) is 0.519. The molecule has 0 saturated carbocycles. The maximum absolute atomic E-state index is 12.6. The molecule has 0 unspecified atom stereocenters. The van der Waals surface area contributed by atoms with Crippen LogP contribution in [0.1, 0.15) is 86.0 Å². The molecule has 0 amide bonds. The first kappa shape index (κ1) is 24.8. The Hall–Kier alpha value is -2.49. The summed E-state index contributed by atoms with van der Waals surface area (Å²) in [5.74, 6) is 0.598. The normalized spacial score (nSPS) is 10.9. The van der Waals surface area contributed by atoms with Crippen molar-refractivity contribution < 1.29 is 19.4 Å². The van der Waals surface area contributed by atoms with Gasteiger partial charge in [0, 0.05) is 16.7 Å². The van der Waals surface area contributed by atoms with Gasteiger partial charge in [-0.05, 0) is 54.5 Å². The lowest BCUT2D eigenvalue weighted by Crippen LogP contribution is -2.11. The van der Waals surface area contributed by atoms with E-state index in [1.807, 2.05) is 6.07 Å². The summed E-state index contributed by atoms with van der Waals surface area (Å²) in [4.78, 5) is 12.6. The number of ether oxygens (including phenoxy) is 2. The van der Waals surface area contributed by atoms with Gasteiger partial charge in [-0.25, -0.2) is 4.79 Å². The number of aromatic carboxylic acids is 1. The fourth-order valence-electron chi connectivity index (χ4n) is 4.52. The second-order valence-corrected chi connectivity index (χ2v) is 8.11. The van der Waals surface area contributed by atoms with Crippen molar-refractivity contribution in [1.29, 1.82) is 0 Å². The number of carboxylic acids is 1. The fourth-order valence-corrected chi connectivity index (χ4v) is 4.52.